The maximum absolute atomic E-state index is 4.58. The molecule has 1 fully saturated rings. The fourth-order valence-corrected chi connectivity index (χ4v) is 5.42. The molecule has 7 heteroatoms. The van der Waals surface area contributed by atoms with Crippen molar-refractivity contribution >= 4 is 29.1 Å². The number of aromatic amines is 2. The Balaban J connectivity index is 1.22. The molecular formula is C32H33N7. The van der Waals surface area contributed by atoms with E-state index >= 15 is 0 Å². The molecule has 0 aromatic carbocycles. The minimum Gasteiger partial charge on any atom is -0.352 e. The van der Waals surface area contributed by atoms with E-state index in [1.807, 2.05) is 43.0 Å². The minimum absolute atomic E-state index is 0.793. The summed E-state index contributed by atoms with van der Waals surface area (Å²) in [7, 11) is 0. The number of pyridine rings is 3. The molecule has 0 unspecified atom stereocenters. The first-order chi connectivity index (χ1) is 19.2. The van der Waals surface area contributed by atoms with E-state index in [9.17, 15) is 0 Å². The third-order valence-electron chi connectivity index (χ3n) is 7.68. The molecule has 7 nitrogen and oxygen atoms in total. The van der Waals surface area contributed by atoms with Gasteiger partial charge in [0.25, 0.3) is 0 Å². The van der Waals surface area contributed by atoms with E-state index in [0.717, 1.165) is 74.1 Å². The minimum atomic E-state index is 0.793. The van der Waals surface area contributed by atoms with E-state index in [-0.39, 0.29) is 0 Å². The van der Waals surface area contributed by atoms with Crippen molar-refractivity contribution in [3.63, 3.8) is 0 Å². The highest BCUT2D eigenvalue weighted by molar-refractivity contribution is 5.97. The van der Waals surface area contributed by atoms with Crippen LogP contribution in [0.15, 0.2) is 67.5 Å². The number of H-pyrrole nitrogens is 2. The van der Waals surface area contributed by atoms with Gasteiger partial charge >= 0.3 is 0 Å². The highest BCUT2D eigenvalue weighted by Crippen LogP contribution is 2.30. The first-order valence-electron chi connectivity index (χ1n) is 13.6. The Hall–Kier alpha value is -4.36. The molecular weight excluding hydrogens is 482 g/mol. The highest BCUT2D eigenvalue weighted by atomic mass is 15.1. The lowest BCUT2D eigenvalue weighted by Gasteiger charge is -2.11. The van der Waals surface area contributed by atoms with Crippen LogP contribution in [0.3, 0.4) is 0 Å². The van der Waals surface area contributed by atoms with Gasteiger partial charge in [0.05, 0.1) is 22.8 Å². The zero-order valence-corrected chi connectivity index (χ0v) is 22.2. The van der Waals surface area contributed by atoms with E-state index in [2.05, 4.69) is 67.2 Å². The summed E-state index contributed by atoms with van der Waals surface area (Å²) in [5.41, 5.74) is 8.22. The SMILES string of the molecule is C=c1c(-c2cc3c(-c4ccncc4)cncc3[nH]2)n[nH]/c1=C/C=C(\C)c1cncc(CNCC2CCCC2)c1. The normalized spacial score (nSPS) is 15.0. The van der Waals surface area contributed by atoms with Gasteiger partial charge in [0.2, 0.25) is 0 Å². The van der Waals surface area contributed by atoms with Crippen molar-refractivity contribution in [2.45, 2.75) is 39.2 Å². The molecule has 0 saturated heterocycles. The standard InChI is InChI=1S/C32H33N7/c1-21(26-13-24(17-35-18-26)16-34-15-23-5-3-4-6-23)7-8-29-22(2)32(39-38-29)30-14-27-28(19-36-20-31(27)37-30)25-9-11-33-12-10-25/h7-14,17-20,23,34,37-38H,2-6,15-16H2,1H3/b21-7+,29-8+. The summed E-state index contributed by atoms with van der Waals surface area (Å²) in [4.78, 5) is 16.5. The van der Waals surface area contributed by atoms with Crippen molar-refractivity contribution in [3.8, 4) is 22.5 Å². The molecule has 0 radical (unpaired) electrons. The Morgan fingerprint density at radius 2 is 1.87 bits per heavy atom. The van der Waals surface area contributed by atoms with Gasteiger partial charge in [-0.1, -0.05) is 25.5 Å². The van der Waals surface area contributed by atoms with E-state index in [0.29, 0.717) is 0 Å². The molecule has 5 heterocycles. The molecule has 196 valence electrons. The number of hydrogen-bond acceptors (Lipinski definition) is 5. The molecule has 5 aromatic rings. The van der Waals surface area contributed by atoms with E-state index < -0.39 is 0 Å². The van der Waals surface area contributed by atoms with Gasteiger partial charge in [-0.3, -0.25) is 20.1 Å². The average molecular weight is 516 g/mol. The number of allylic oxidation sites excluding steroid dienone is 2. The second kappa shape index (κ2) is 11.2. The Morgan fingerprint density at radius 1 is 1.05 bits per heavy atom. The van der Waals surface area contributed by atoms with Gasteiger partial charge in [-0.2, -0.15) is 5.10 Å². The third kappa shape index (κ3) is 5.45. The van der Waals surface area contributed by atoms with Crippen LogP contribution in [0.1, 0.15) is 43.7 Å². The average Bonchev–Trinajstić information content (AvgIpc) is 3.72. The lowest BCUT2D eigenvalue weighted by molar-refractivity contribution is 0.489. The van der Waals surface area contributed by atoms with Crippen molar-refractivity contribution in [1.29, 1.82) is 0 Å². The summed E-state index contributed by atoms with van der Waals surface area (Å²) in [6, 6.07) is 8.31. The zero-order valence-electron chi connectivity index (χ0n) is 22.2. The third-order valence-corrected chi connectivity index (χ3v) is 7.68. The Labute approximate surface area is 227 Å². The maximum atomic E-state index is 4.58. The molecule has 6 rings (SSSR count). The maximum Gasteiger partial charge on any atom is 0.116 e. The topological polar surface area (TPSA) is 95.2 Å². The molecule has 0 spiro atoms. The van der Waals surface area contributed by atoms with E-state index in [1.54, 1.807) is 12.4 Å². The van der Waals surface area contributed by atoms with Crippen LogP contribution in [-0.2, 0) is 6.54 Å². The summed E-state index contributed by atoms with van der Waals surface area (Å²) in [6.07, 6.45) is 20.8. The predicted molar refractivity (Wildman–Crippen MR) is 158 cm³/mol. The Bertz CT molecular complexity index is 1720. The second-order valence-electron chi connectivity index (χ2n) is 10.4. The summed E-state index contributed by atoms with van der Waals surface area (Å²) >= 11 is 0. The molecule has 0 bridgehead atoms. The molecule has 1 saturated carbocycles. The van der Waals surface area contributed by atoms with Crippen LogP contribution >= 0.6 is 0 Å². The van der Waals surface area contributed by atoms with Crippen LogP contribution in [0, 0.1) is 5.92 Å². The van der Waals surface area contributed by atoms with Crippen molar-refractivity contribution in [1.82, 2.24) is 35.5 Å². The summed E-state index contributed by atoms with van der Waals surface area (Å²) in [6.45, 7) is 8.37. The van der Waals surface area contributed by atoms with Crippen molar-refractivity contribution in [2.24, 2.45) is 5.92 Å². The van der Waals surface area contributed by atoms with Gasteiger partial charge < -0.3 is 10.3 Å². The van der Waals surface area contributed by atoms with Gasteiger partial charge in [0, 0.05) is 53.7 Å². The lowest BCUT2D eigenvalue weighted by Crippen LogP contribution is -2.21. The van der Waals surface area contributed by atoms with Crippen LogP contribution in [-0.4, -0.2) is 36.7 Å². The molecule has 1 aliphatic rings. The number of aromatic nitrogens is 6. The second-order valence-corrected chi connectivity index (χ2v) is 10.4. The Morgan fingerprint density at radius 3 is 2.72 bits per heavy atom. The first-order valence-corrected chi connectivity index (χ1v) is 13.6. The summed E-state index contributed by atoms with van der Waals surface area (Å²) in [5.74, 6) is 0.831. The van der Waals surface area contributed by atoms with Crippen molar-refractivity contribution in [3.05, 3.63) is 89.2 Å². The molecule has 39 heavy (non-hydrogen) atoms. The fraction of sp³-hybridized carbons (Fsp3) is 0.250. The van der Waals surface area contributed by atoms with Crippen LogP contribution < -0.4 is 15.9 Å². The lowest BCUT2D eigenvalue weighted by atomic mass is 10.1. The summed E-state index contributed by atoms with van der Waals surface area (Å²) < 4.78 is 0. The first kappa shape index (κ1) is 24.9. The highest BCUT2D eigenvalue weighted by Gasteiger charge is 2.14. The van der Waals surface area contributed by atoms with E-state index in [4.69, 9.17) is 0 Å². The van der Waals surface area contributed by atoms with Gasteiger partial charge in [-0.15, -0.1) is 0 Å². The predicted octanol–water partition coefficient (Wildman–Crippen LogP) is 4.98. The van der Waals surface area contributed by atoms with Crippen LogP contribution in [0.25, 0.3) is 51.6 Å². The molecule has 3 N–H and O–H groups in total. The number of nitrogens with one attached hydrogen (secondary N) is 3. The van der Waals surface area contributed by atoms with Crippen molar-refractivity contribution < 1.29 is 0 Å². The molecule has 5 aromatic heterocycles. The molecule has 1 aliphatic carbocycles. The number of fused-ring (bicyclic) bond motifs is 1. The number of hydrogen-bond donors (Lipinski definition) is 3. The number of nitrogens with zero attached hydrogens (tertiary/aromatic N) is 4. The zero-order chi connectivity index (χ0) is 26.6. The quantitative estimate of drug-likeness (QED) is 0.271. The van der Waals surface area contributed by atoms with Crippen LogP contribution in [0.2, 0.25) is 0 Å². The van der Waals surface area contributed by atoms with Gasteiger partial charge in [-0.05, 0) is 84.8 Å². The smallest absolute Gasteiger partial charge is 0.116 e. The van der Waals surface area contributed by atoms with Gasteiger partial charge in [0.1, 0.15) is 5.69 Å². The number of rotatable bonds is 8. The molecule has 0 aliphatic heterocycles. The fourth-order valence-electron chi connectivity index (χ4n) is 5.42. The monoisotopic (exact) mass is 515 g/mol. The van der Waals surface area contributed by atoms with Crippen LogP contribution in [0.5, 0.6) is 0 Å². The van der Waals surface area contributed by atoms with Gasteiger partial charge in [0.15, 0.2) is 0 Å². The van der Waals surface area contributed by atoms with E-state index in [1.165, 1.54) is 31.2 Å². The van der Waals surface area contributed by atoms with Gasteiger partial charge in [-0.25, -0.2) is 0 Å². The van der Waals surface area contributed by atoms with Crippen LogP contribution in [0.4, 0.5) is 0 Å². The molecule has 0 atom stereocenters. The molecule has 0 amide bonds. The van der Waals surface area contributed by atoms with Crippen molar-refractivity contribution in [2.75, 3.05) is 6.54 Å². The summed E-state index contributed by atoms with van der Waals surface area (Å²) in [5, 5.41) is 14.2. The largest absolute Gasteiger partial charge is 0.352 e. The Kier molecular flexibility index (Phi) is 7.15.